The van der Waals surface area contributed by atoms with Gasteiger partial charge in [0, 0.05) is 4.70 Å². The van der Waals surface area contributed by atoms with Gasteiger partial charge in [0.15, 0.2) is 0 Å². The zero-order valence-electron chi connectivity index (χ0n) is 8.08. The summed E-state index contributed by atoms with van der Waals surface area (Å²) in [7, 11) is 0. The molecule has 1 heterocycles. The van der Waals surface area contributed by atoms with Crippen molar-refractivity contribution in [3.63, 3.8) is 0 Å². The first kappa shape index (κ1) is 8.76. The van der Waals surface area contributed by atoms with E-state index in [0.717, 1.165) is 5.92 Å². The van der Waals surface area contributed by atoms with Crippen LogP contribution in [0.15, 0.2) is 29.6 Å². The van der Waals surface area contributed by atoms with Crippen molar-refractivity contribution in [2.45, 2.75) is 20.3 Å². The highest BCUT2D eigenvalue weighted by atomic mass is 32.1. The van der Waals surface area contributed by atoms with Gasteiger partial charge in [0.1, 0.15) is 0 Å². The summed E-state index contributed by atoms with van der Waals surface area (Å²) in [5, 5.41) is 3.74. The lowest BCUT2D eigenvalue weighted by Gasteiger charge is -2.02. The topological polar surface area (TPSA) is 0 Å². The molecule has 0 fully saturated rings. The van der Waals surface area contributed by atoms with Crippen molar-refractivity contribution in [1.82, 2.24) is 0 Å². The van der Waals surface area contributed by atoms with E-state index >= 15 is 0 Å². The minimum absolute atomic E-state index is 0.748. The summed E-state index contributed by atoms with van der Waals surface area (Å²) in [5.41, 5.74) is 1.51. The van der Waals surface area contributed by atoms with Crippen LogP contribution in [0.3, 0.4) is 0 Å². The largest absolute Gasteiger partial charge is 0.144 e. The molecule has 13 heavy (non-hydrogen) atoms. The highest BCUT2D eigenvalue weighted by molar-refractivity contribution is 7.17. The van der Waals surface area contributed by atoms with Crippen molar-refractivity contribution in [3.8, 4) is 0 Å². The summed E-state index contributed by atoms with van der Waals surface area (Å²) in [4.78, 5) is 0. The minimum Gasteiger partial charge on any atom is -0.144 e. The van der Waals surface area contributed by atoms with E-state index in [2.05, 4.69) is 43.5 Å². The maximum Gasteiger partial charge on any atom is 0.0345 e. The van der Waals surface area contributed by atoms with Crippen LogP contribution in [0.2, 0.25) is 0 Å². The van der Waals surface area contributed by atoms with Gasteiger partial charge in [-0.3, -0.25) is 0 Å². The van der Waals surface area contributed by atoms with E-state index in [-0.39, 0.29) is 0 Å². The van der Waals surface area contributed by atoms with E-state index in [4.69, 9.17) is 0 Å². The Morgan fingerprint density at radius 1 is 1.23 bits per heavy atom. The first-order valence-corrected chi connectivity index (χ1v) is 5.60. The summed E-state index contributed by atoms with van der Waals surface area (Å²) in [6.45, 7) is 4.54. The molecule has 0 aliphatic rings. The van der Waals surface area contributed by atoms with Crippen molar-refractivity contribution < 1.29 is 0 Å². The fraction of sp³-hybridized carbons (Fsp3) is 0.333. The fourth-order valence-electron chi connectivity index (χ4n) is 1.63. The molecular formula is C12H14S. The Labute approximate surface area is 83.2 Å². The van der Waals surface area contributed by atoms with E-state index < -0.39 is 0 Å². The van der Waals surface area contributed by atoms with Gasteiger partial charge in [-0.2, -0.15) is 0 Å². The second-order valence-corrected chi connectivity index (χ2v) is 4.77. The van der Waals surface area contributed by atoms with E-state index in [1.807, 2.05) is 11.3 Å². The molecule has 0 N–H and O–H groups in total. The van der Waals surface area contributed by atoms with Crippen molar-refractivity contribution in [2.24, 2.45) is 5.92 Å². The van der Waals surface area contributed by atoms with Crippen molar-refractivity contribution >= 4 is 21.4 Å². The lowest BCUT2D eigenvalue weighted by molar-refractivity contribution is 0.651. The van der Waals surface area contributed by atoms with Gasteiger partial charge in [-0.05, 0) is 34.7 Å². The molecule has 0 bridgehead atoms. The Bertz CT molecular complexity index is 398. The highest BCUT2D eigenvalue weighted by Gasteiger charge is 2.04. The fourth-order valence-corrected chi connectivity index (χ4v) is 2.61. The molecule has 0 nitrogen and oxygen atoms in total. The van der Waals surface area contributed by atoms with Crippen LogP contribution in [-0.4, -0.2) is 0 Å². The third-order valence-corrected chi connectivity index (χ3v) is 3.20. The number of fused-ring (bicyclic) bond motifs is 1. The summed E-state index contributed by atoms with van der Waals surface area (Å²) >= 11 is 1.86. The molecule has 0 saturated carbocycles. The summed E-state index contributed by atoms with van der Waals surface area (Å²) in [6, 6.07) is 8.66. The normalized spacial score (nSPS) is 11.3. The monoisotopic (exact) mass is 190 g/mol. The summed E-state index contributed by atoms with van der Waals surface area (Å²) in [5.74, 6) is 0.748. The summed E-state index contributed by atoms with van der Waals surface area (Å²) < 4.78 is 1.41. The molecular weight excluding hydrogens is 176 g/mol. The van der Waals surface area contributed by atoms with Gasteiger partial charge >= 0.3 is 0 Å². The van der Waals surface area contributed by atoms with Gasteiger partial charge in [-0.15, -0.1) is 11.3 Å². The molecule has 2 aromatic rings. The molecule has 0 amide bonds. The van der Waals surface area contributed by atoms with E-state index in [0.29, 0.717) is 0 Å². The number of benzene rings is 1. The average molecular weight is 190 g/mol. The zero-order valence-corrected chi connectivity index (χ0v) is 8.90. The minimum atomic E-state index is 0.748. The molecule has 1 aromatic heterocycles. The Kier molecular flexibility index (Phi) is 2.36. The van der Waals surface area contributed by atoms with Crippen molar-refractivity contribution in [1.29, 1.82) is 0 Å². The average Bonchev–Trinajstić information content (AvgIpc) is 2.48. The molecule has 0 atom stereocenters. The second kappa shape index (κ2) is 3.51. The predicted octanol–water partition coefficient (Wildman–Crippen LogP) is 4.10. The standard InChI is InChI=1S/C12H14S/c1-9(2)7-10-8-13-12-6-4-3-5-11(10)12/h3-6,8-9H,7H2,1-2H3. The molecule has 0 aliphatic carbocycles. The SMILES string of the molecule is CC(C)Cc1csc2ccccc12. The van der Waals surface area contributed by atoms with Crippen LogP contribution >= 0.6 is 11.3 Å². The maximum atomic E-state index is 2.30. The Balaban J connectivity index is 2.46. The molecule has 68 valence electrons. The van der Waals surface area contributed by atoms with E-state index in [1.54, 1.807) is 0 Å². The smallest absolute Gasteiger partial charge is 0.0345 e. The van der Waals surface area contributed by atoms with Crippen LogP contribution in [0.4, 0.5) is 0 Å². The number of thiophene rings is 1. The van der Waals surface area contributed by atoms with Gasteiger partial charge in [0.2, 0.25) is 0 Å². The van der Waals surface area contributed by atoms with Gasteiger partial charge in [-0.1, -0.05) is 32.0 Å². The molecule has 2 rings (SSSR count). The zero-order chi connectivity index (χ0) is 9.26. The van der Waals surface area contributed by atoms with Gasteiger partial charge in [-0.25, -0.2) is 0 Å². The van der Waals surface area contributed by atoms with Crippen molar-refractivity contribution in [2.75, 3.05) is 0 Å². The van der Waals surface area contributed by atoms with Crippen molar-refractivity contribution in [3.05, 3.63) is 35.2 Å². The maximum absolute atomic E-state index is 2.30. The van der Waals surface area contributed by atoms with Crippen LogP contribution in [-0.2, 0) is 6.42 Å². The Hall–Kier alpha value is -0.820. The highest BCUT2D eigenvalue weighted by Crippen LogP contribution is 2.27. The third-order valence-electron chi connectivity index (χ3n) is 2.19. The van der Waals surface area contributed by atoms with Crippen LogP contribution in [0.25, 0.3) is 10.1 Å². The van der Waals surface area contributed by atoms with Crippen LogP contribution in [0.5, 0.6) is 0 Å². The molecule has 0 radical (unpaired) electrons. The third kappa shape index (κ3) is 1.75. The van der Waals surface area contributed by atoms with E-state index in [9.17, 15) is 0 Å². The molecule has 0 unspecified atom stereocenters. The quantitative estimate of drug-likeness (QED) is 0.669. The van der Waals surface area contributed by atoms with Crippen LogP contribution < -0.4 is 0 Å². The number of rotatable bonds is 2. The second-order valence-electron chi connectivity index (χ2n) is 3.86. The first-order chi connectivity index (χ1) is 6.27. The van der Waals surface area contributed by atoms with Crippen LogP contribution in [0, 0.1) is 5.92 Å². The molecule has 0 spiro atoms. The van der Waals surface area contributed by atoms with E-state index in [1.165, 1.54) is 22.1 Å². The van der Waals surface area contributed by atoms with Gasteiger partial charge in [0.05, 0.1) is 0 Å². The molecule has 0 saturated heterocycles. The molecule has 1 aromatic carbocycles. The molecule has 1 heteroatoms. The molecule has 0 aliphatic heterocycles. The Morgan fingerprint density at radius 2 is 2.00 bits per heavy atom. The lowest BCUT2D eigenvalue weighted by atomic mass is 10.0. The first-order valence-electron chi connectivity index (χ1n) is 4.72. The predicted molar refractivity (Wildman–Crippen MR) is 60.4 cm³/mol. The van der Waals surface area contributed by atoms with Gasteiger partial charge in [0.25, 0.3) is 0 Å². The van der Waals surface area contributed by atoms with Gasteiger partial charge < -0.3 is 0 Å². The summed E-state index contributed by atoms with van der Waals surface area (Å²) in [6.07, 6.45) is 1.20. The lowest BCUT2D eigenvalue weighted by Crippen LogP contribution is -1.91. The number of hydrogen-bond acceptors (Lipinski definition) is 1. The number of hydrogen-bond donors (Lipinski definition) is 0. The Morgan fingerprint density at radius 3 is 2.77 bits per heavy atom. The van der Waals surface area contributed by atoms with Crippen LogP contribution in [0.1, 0.15) is 19.4 Å².